The molecule has 1 aliphatic heterocycles. The molecule has 1 aliphatic rings. The fourth-order valence-electron chi connectivity index (χ4n) is 3.23. The molecule has 160 valence electrons. The van der Waals surface area contributed by atoms with Gasteiger partial charge in [0, 0.05) is 25.7 Å². The predicted molar refractivity (Wildman–Crippen MR) is 109 cm³/mol. The van der Waals surface area contributed by atoms with Gasteiger partial charge in [0.25, 0.3) is 0 Å². The highest BCUT2D eigenvalue weighted by Crippen LogP contribution is 2.36. The second kappa shape index (κ2) is 9.66. The zero-order valence-corrected chi connectivity index (χ0v) is 17.7. The van der Waals surface area contributed by atoms with Gasteiger partial charge in [-0.15, -0.1) is 12.4 Å². The van der Waals surface area contributed by atoms with E-state index in [-0.39, 0.29) is 18.4 Å². The van der Waals surface area contributed by atoms with Crippen LogP contribution < -0.4 is 4.72 Å². The summed E-state index contributed by atoms with van der Waals surface area (Å²) in [5, 5.41) is -0.527. The van der Waals surface area contributed by atoms with E-state index in [1.54, 1.807) is 0 Å². The van der Waals surface area contributed by atoms with Crippen molar-refractivity contribution >= 4 is 34.0 Å². The van der Waals surface area contributed by atoms with Crippen LogP contribution in [-0.2, 0) is 22.7 Å². The van der Waals surface area contributed by atoms with E-state index in [1.807, 2.05) is 30.3 Å². The molecule has 0 amide bonds. The Bertz CT molecular complexity index is 917. The Labute approximate surface area is 179 Å². The summed E-state index contributed by atoms with van der Waals surface area (Å²) in [7, 11) is -4.06. The van der Waals surface area contributed by atoms with Gasteiger partial charge in [0.15, 0.2) is 0 Å². The standard InChI is InChI=1S/C19H20ClF3N2O2S.ClH/c20-18-7-6-16(12-17(18)19(21,22)23)28(26,27)24-15-8-10-25(11-9-15)13-14-4-2-1-3-5-14;/h1-7,12,15,24H,8-11,13H2;1H. The van der Waals surface area contributed by atoms with E-state index >= 15 is 0 Å². The summed E-state index contributed by atoms with van der Waals surface area (Å²) in [4.78, 5) is 1.79. The molecule has 0 radical (unpaired) electrons. The molecule has 10 heteroatoms. The maximum absolute atomic E-state index is 13.0. The maximum atomic E-state index is 13.0. The van der Waals surface area contributed by atoms with Crippen molar-refractivity contribution in [2.75, 3.05) is 13.1 Å². The number of nitrogens with zero attached hydrogens (tertiary/aromatic N) is 1. The van der Waals surface area contributed by atoms with E-state index in [1.165, 1.54) is 5.56 Å². The number of alkyl halides is 3. The normalized spacial score (nSPS) is 16.4. The molecule has 29 heavy (non-hydrogen) atoms. The zero-order chi connectivity index (χ0) is 20.4. The van der Waals surface area contributed by atoms with Gasteiger partial charge in [-0.3, -0.25) is 4.90 Å². The van der Waals surface area contributed by atoms with Crippen molar-refractivity contribution in [2.24, 2.45) is 0 Å². The van der Waals surface area contributed by atoms with Gasteiger partial charge in [0.2, 0.25) is 10.0 Å². The summed E-state index contributed by atoms with van der Waals surface area (Å²) in [5.41, 5.74) is 0.0251. The molecular formula is C19H21Cl2F3N2O2S. The van der Waals surface area contributed by atoms with Crippen molar-refractivity contribution in [1.82, 2.24) is 9.62 Å². The highest BCUT2D eigenvalue weighted by atomic mass is 35.5. The Morgan fingerprint density at radius 3 is 2.28 bits per heavy atom. The SMILES string of the molecule is Cl.O=S(=O)(NC1CCN(Cc2ccccc2)CC1)c1ccc(Cl)c(C(F)(F)F)c1. The average Bonchev–Trinajstić information content (AvgIpc) is 2.63. The third kappa shape index (κ3) is 6.33. The molecule has 1 saturated heterocycles. The van der Waals surface area contributed by atoms with Gasteiger partial charge in [0.05, 0.1) is 15.5 Å². The Hall–Kier alpha value is -1.32. The number of hydrogen-bond acceptors (Lipinski definition) is 3. The summed E-state index contributed by atoms with van der Waals surface area (Å²) in [5.74, 6) is 0. The molecular weight excluding hydrogens is 448 g/mol. The molecule has 1 fully saturated rings. The number of likely N-dealkylation sites (tertiary alicyclic amines) is 1. The molecule has 1 N–H and O–H groups in total. The van der Waals surface area contributed by atoms with E-state index in [2.05, 4.69) is 9.62 Å². The lowest BCUT2D eigenvalue weighted by Gasteiger charge is -2.32. The molecule has 0 atom stereocenters. The molecule has 0 bridgehead atoms. The number of piperidine rings is 1. The molecule has 3 rings (SSSR count). The van der Waals surface area contributed by atoms with Crippen LogP contribution in [0.4, 0.5) is 13.2 Å². The second-order valence-corrected chi connectivity index (χ2v) is 8.92. The number of benzene rings is 2. The Balaban J connectivity index is 0.00000300. The van der Waals surface area contributed by atoms with E-state index in [9.17, 15) is 21.6 Å². The maximum Gasteiger partial charge on any atom is 0.417 e. The van der Waals surface area contributed by atoms with Crippen LogP contribution in [-0.4, -0.2) is 32.4 Å². The van der Waals surface area contributed by atoms with E-state index in [0.717, 1.165) is 18.7 Å². The monoisotopic (exact) mass is 468 g/mol. The van der Waals surface area contributed by atoms with Crippen molar-refractivity contribution in [3.63, 3.8) is 0 Å². The van der Waals surface area contributed by atoms with Crippen LogP contribution in [0.3, 0.4) is 0 Å². The molecule has 0 saturated carbocycles. The van der Waals surface area contributed by atoms with Crippen molar-refractivity contribution in [1.29, 1.82) is 0 Å². The number of halogens is 5. The Morgan fingerprint density at radius 2 is 1.69 bits per heavy atom. The fourth-order valence-corrected chi connectivity index (χ4v) is 4.78. The van der Waals surface area contributed by atoms with Gasteiger partial charge in [0.1, 0.15) is 0 Å². The van der Waals surface area contributed by atoms with Gasteiger partial charge in [-0.1, -0.05) is 41.9 Å². The lowest BCUT2D eigenvalue weighted by Crippen LogP contribution is -2.44. The number of rotatable bonds is 5. The first-order chi connectivity index (χ1) is 13.1. The predicted octanol–water partition coefficient (Wildman–Crippen LogP) is 4.72. The summed E-state index contributed by atoms with van der Waals surface area (Å²) in [6.45, 7) is 2.19. The highest BCUT2D eigenvalue weighted by molar-refractivity contribution is 7.89. The van der Waals surface area contributed by atoms with Crippen LogP contribution >= 0.6 is 24.0 Å². The topological polar surface area (TPSA) is 49.4 Å². The zero-order valence-electron chi connectivity index (χ0n) is 15.3. The minimum Gasteiger partial charge on any atom is -0.299 e. The van der Waals surface area contributed by atoms with Gasteiger partial charge in [-0.05, 0) is 36.6 Å². The minimum absolute atomic E-state index is 0. The lowest BCUT2D eigenvalue weighted by atomic mass is 10.1. The molecule has 4 nitrogen and oxygen atoms in total. The van der Waals surface area contributed by atoms with Crippen molar-refractivity contribution < 1.29 is 21.6 Å². The second-order valence-electron chi connectivity index (χ2n) is 6.80. The lowest BCUT2D eigenvalue weighted by molar-refractivity contribution is -0.137. The Kier molecular flexibility index (Phi) is 7.98. The molecule has 2 aromatic carbocycles. The molecule has 2 aromatic rings. The van der Waals surface area contributed by atoms with Gasteiger partial charge >= 0.3 is 6.18 Å². The van der Waals surface area contributed by atoms with Crippen molar-refractivity contribution in [3.05, 3.63) is 64.7 Å². The largest absolute Gasteiger partial charge is 0.417 e. The molecule has 0 unspecified atom stereocenters. The Morgan fingerprint density at radius 1 is 1.07 bits per heavy atom. The molecule has 0 spiro atoms. The van der Waals surface area contributed by atoms with Crippen LogP contribution in [0.5, 0.6) is 0 Å². The van der Waals surface area contributed by atoms with Crippen molar-refractivity contribution in [2.45, 2.75) is 36.5 Å². The van der Waals surface area contributed by atoms with Crippen LogP contribution in [0.15, 0.2) is 53.4 Å². The quantitative estimate of drug-likeness (QED) is 0.690. The number of hydrogen-bond donors (Lipinski definition) is 1. The molecule has 0 aromatic heterocycles. The van der Waals surface area contributed by atoms with E-state index in [0.29, 0.717) is 32.0 Å². The molecule has 1 heterocycles. The van der Waals surface area contributed by atoms with Crippen LogP contribution in [0.2, 0.25) is 5.02 Å². The highest BCUT2D eigenvalue weighted by Gasteiger charge is 2.35. The first-order valence-electron chi connectivity index (χ1n) is 8.80. The number of sulfonamides is 1. The third-order valence-electron chi connectivity index (χ3n) is 4.71. The van der Waals surface area contributed by atoms with Gasteiger partial charge < -0.3 is 0 Å². The smallest absolute Gasteiger partial charge is 0.299 e. The van der Waals surface area contributed by atoms with Crippen LogP contribution in [0.25, 0.3) is 0 Å². The van der Waals surface area contributed by atoms with E-state index in [4.69, 9.17) is 11.6 Å². The van der Waals surface area contributed by atoms with Crippen molar-refractivity contribution in [3.8, 4) is 0 Å². The van der Waals surface area contributed by atoms with Crippen LogP contribution in [0, 0.1) is 0 Å². The summed E-state index contributed by atoms with van der Waals surface area (Å²) in [6, 6.07) is 12.3. The third-order valence-corrected chi connectivity index (χ3v) is 6.56. The van der Waals surface area contributed by atoms with Gasteiger partial charge in [-0.25, -0.2) is 13.1 Å². The van der Waals surface area contributed by atoms with E-state index < -0.39 is 31.7 Å². The van der Waals surface area contributed by atoms with Gasteiger partial charge in [-0.2, -0.15) is 13.2 Å². The summed E-state index contributed by atoms with van der Waals surface area (Å²) in [6.07, 6.45) is -3.54. The summed E-state index contributed by atoms with van der Waals surface area (Å²) < 4.78 is 66.6. The first-order valence-corrected chi connectivity index (χ1v) is 10.7. The first kappa shape index (κ1) is 24.0. The summed E-state index contributed by atoms with van der Waals surface area (Å²) >= 11 is 5.56. The minimum atomic E-state index is -4.72. The average molecular weight is 469 g/mol. The fraction of sp³-hybridized carbons (Fsp3) is 0.368. The van der Waals surface area contributed by atoms with Crippen LogP contribution in [0.1, 0.15) is 24.0 Å². The molecule has 0 aliphatic carbocycles. The number of nitrogens with one attached hydrogen (secondary N) is 1.